The van der Waals surface area contributed by atoms with Crippen LogP contribution in [-0.4, -0.2) is 16.1 Å². The molecule has 1 aromatic heterocycles. The van der Waals surface area contributed by atoms with Gasteiger partial charge in [-0.2, -0.15) is 0 Å². The van der Waals surface area contributed by atoms with E-state index in [1.165, 1.54) is 0 Å². The second kappa shape index (κ2) is 6.11. The fraction of sp³-hybridized carbons (Fsp3) is 0.200. The highest BCUT2D eigenvalue weighted by molar-refractivity contribution is 5.89. The number of nitrogens with one attached hydrogen (secondary N) is 1. The standard InChI is InChI=1S/C15H16N2O2/c1-11(12-6-8-16-9-7-12)17-10-13-4-2-3-5-14(13)15(18)19/h2-9,11,17H,10H2,1H3,(H,18,19)/t11-/m0/s1. The van der Waals surface area contributed by atoms with Gasteiger partial charge in [0.25, 0.3) is 0 Å². The molecule has 2 N–H and O–H groups in total. The zero-order valence-electron chi connectivity index (χ0n) is 10.7. The van der Waals surface area contributed by atoms with Crippen molar-refractivity contribution in [2.24, 2.45) is 0 Å². The molecule has 0 aliphatic rings. The lowest BCUT2D eigenvalue weighted by Gasteiger charge is -2.15. The molecule has 0 fully saturated rings. The van der Waals surface area contributed by atoms with Crippen molar-refractivity contribution >= 4 is 5.97 Å². The number of rotatable bonds is 5. The number of aromatic carboxylic acids is 1. The zero-order valence-corrected chi connectivity index (χ0v) is 10.7. The summed E-state index contributed by atoms with van der Waals surface area (Å²) in [6.07, 6.45) is 3.50. The molecular formula is C15H16N2O2. The maximum Gasteiger partial charge on any atom is 0.336 e. The summed E-state index contributed by atoms with van der Waals surface area (Å²) in [4.78, 5) is 15.1. The van der Waals surface area contributed by atoms with Crippen LogP contribution in [-0.2, 0) is 6.54 Å². The Kier molecular flexibility index (Phi) is 4.26. The van der Waals surface area contributed by atoms with Crippen LogP contribution in [0, 0.1) is 0 Å². The summed E-state index contributed by atoms with van der Waals surface area (Å²) >= 11 is 0. The predicted octanol–water partition coefficient (Wildman–Crippen LogP) is 2.63. The number of pyridine rings is 1. The topological polar surface area (TPSA) is 62.2 Å². The van der Waals surface area contributed by atoms with Gasteiger partial charge in [-0.25, -0.2) is 4.79 Å². The lowest BCUT2D eigenvalue weighted by Crippen LogP contribution is -2.19. The maximum atomic E-state index is 11.1. The third kappa shape index (κ3) is 3.39. The zero-order chi connectivity index (χ0) is 13.7. The van der Waals surface area contributed by atoms with Gasteiger partial charge in [0.05, 0.1) is 5.56 Å². The molecule has 19 heavy (non-hydrogen) atoms. The molecule has 0 amide bonds. The smallest absolute Gasteiger partial charge is 0.336 e. The monoisotopic (exact) mass is 256 g/mol. The highest BCUT2D eigenvalue weighted by Crippen LogP contribution is 2.13. The van der Waals surface area contributed by atoms with Crippen LogP contribution in [0.3, 0.4) is 0 Å². The molecule has 0 spiro atoms. The quantitative estimate of drug-likeness (QED) is 0.863. The van der Waals surface area contributed by atoms with Crippen molar-refractivity contribution in [2.45, 2.75) is 19.5 Å². The number of hydrogen-bond donors (Lipinski definition) is 2. The third-order valence-corrected chi connectivity index (χ3v) is 3.05. The summed E-state index contributed by atoms with van der Waals surface area (Å²) in [5.41, 5.74) is 2.26. The molecule has 2 aromatic rings. The van der Waals surface area contributed by atoms with Crippen molar-refractivity contribution in [3.8, 4) is 0 Å². The van der Waals surface area contributed by atoms with E-state index in [0.29, 0.717) is 12.1 Å². The Morgan fingerprint density at radius 2 is 1.95 bits per heavy atom. The van der Waals surface area contributed by atoms with E-state index in [0.717, 1.165) is 11.1 Å². The first-order valence-corrected chi connectivity index (χ1v) is 6.13. The van der Waals surface area contributed by atoms with Gasteiger partial charge in [-0.1, -0.05) is 18.2 Å². The summed E-state index contributed by atoms with van der Waals surface area (Å²) in [5.74, 6) is -0.894. The second-order valence-electron chi connectivity index (χ2n) is 4.35. The fourth-order valence-corrected chi connectivity index (χ4v) is 1.92. The molecule has 4 nitrogen and oxygen atoms in total. The van der Waals surface area contributed by atoms with Crippen LogP contribution in [0.2, 0.25) is 0 Å². The summed E-state index contributed by atoms with van der Waals surface area (Å²) in [7, 11) is 0. The fourth-order valence-electron chi connectivity index (χ4n) is 1.92. The van der Waals surface area contributed by atoms with Crippen molar-refractivity contribution in [3.05, 3.63) is 65.5 Å². The van der Waals surface area contributed by atoms with Crippen molar-refractivity contribution < 1.29 is 9.90 Å². The van der Waals surface area contributed by atoms with Gasteiger partial charge >= 0.3 is 5.97 Å². The highest BCUT2D eigenvalue weighted by atomic mass is 16.4. The number of carbonyl (C=O) groups is 1. The molecule has 2 rings (SSSR count). The molecule has 1 aromatic carbocycles. The van der Waals surface area contributed by atoms with Crippen molar-refractivity contribution in [2.75, 3.05) is 0 Å². The Labute approximate surface area is 112 Å². The number of benzene rings is 1. The van der Waals surface area contributed by atoms with Crippen LogP contribution >= 0.6 is 0 Å². The largest absolute Gasteiger partial charge is 0.478 e. The Morgan fingerprint density at radius 3 is 2.63 bits per heavy atom. The summed E-state index contributed by atoms with van der Waals surface area (Å²) < 4.78 is 0. The molecule has 0 saturated heterocycles. The Balaban J connectivity index is 2.05. The lowest BCUT2D eigenvalue weighted by atomic mass is 10.1. The molecule has 1 atom stereocenters. The van der Waals surface area contributed by atoms with E-state index in [1.807, 2.05) is 31.2 Å². The average Bonchev–Trinajstić information content (AvgIpc) is 2.46. The van der Waals surface area contributed by atoms with Crippen LogP contribution in [0.15, 0.2) is 48.8 Å². The SMILES string of the molecule is C[C@H](NCc1ccccc1C(=O)O)c1ccncc1. The summed E-state index contributed by atoms with van der Waals surface area (Å²) in [5, 5.41) is 12.4. The molecule has 0 bridgehead atoms. The van der Waals surface area contributed by atoms with Crippen LogP contribution < -0.4 is 5.32 Å². The molecule has 98 valence electrons. The minimum Gasteiger partial charge on any atom is -0.478 e. The van der Waals surface area contributed by atoms with E-state index in [4.69, 9.17) is 5.11 Å². The summed E-state index contributed by atoms with van der Waals surface area (Å²) in [6, 6.07) is 11.1. The molecule has 1 heterocycles. The molecule has 0 aliphatic carbocycles. The van der Waals surface area contributed by atoms with Gasteiger partial charge in [0.2, 0.25) is 0 Å². The Bertz CT molecular complexity index is 555. The van der Waals surface area contributed by atoms with Crippen LogP contribution in [0.1, 0.15) is 34.5 Å². The molecule has 0 saturated carbocycles. The second-order valence-corrected chi connectivity index (χ2v) is 4.35. The van der Waals surface area contributed by atoms with E-state index in [2.05, 4.69) is 10.3 Å². The van der Waals surface area contributed by atoms with Crippen LogP contribution in [0.25, 0.3) is 0 Å². The van der Waals surface area contributed by atoms with Gasteiger partial charge in [0.15, 0.2) is 0 Å². The van der Waals surface area contributed by atoms with E-state index < -0.39 is 5.97 Å². The first kappa shape index (κ1) is 13.2. The first-order chi connectivity index (χ1) is 9.18. The molecule has 0 radical (unpaired) electrons. The van der Waals surface area contributed by atoms with Gasteiger partial charge in [0, 0.05) is 25.0 Å². The van der Waals surface area contributed by atoms with E-state index in [-0.39, 0.29) is 6.04 Å². The molecular weight excluding hydrogens is 240 g/mol. The number of hydrogen-bond acceptors (Lipinski definition) is 3. The van der Waals surface area contributed by atoms with Crippen molar-refractivity contribution in [1.82, 2.24) is 10.3 Å². The molecule has 0 unspecified atom stereocenters. The van der Waals surface area contributed by atoms with Gasteiger partial charge < -0.3 is 10.4 Å². The molecule has 4 heteroatoms. The van der Waals surface area contributed by atoms with Gasteiger partial charge in [-0.05, 0) is 36.2 Å². The number of carboxylic acid groups (broad SMARTS) is 1. The maximum absolute atomic E-state index is 11.1. The number of nitrogens with zero attached hydrogens (tertiary/aromatic N) is 1. The van der Waals surface area contributed by atoms with Crippen LogP contribution in [0.4, 0.5) is 0 Å². The normalized spacial score (nSPS) is 12.1. The Morgan fingerprint density at radius 1 is 1.26 bits per heavy atom. The average molecular weight is 256 g/mol. The van der Waals surface area contributed by atoms with Crippen molar-refractivity contribution in [1.29, 1.82) is 0 Å². The number of carboxylic acids is 1. The van der Waals surface area contributed by atoms with Crippen LogP contribution in [0.5, 0.6) is 0 Å². The van der Waals surface area contributed by atoms with Crippen molar-refractivity contribution in [3.63, 3.8) is 0 Å². The van der Waals surface area contributed by atoms with Gasteiger partial charge in [-0.15, -0.1) is 0 Å². The van der Waals surface area contributed by atoms with Gasteiger partial charge in [0.1, 0.15) is 0 Å². The minimum atomic E-state index is -0.894. The van der Waals surface area contributed by atoms with Gasteiger partial charge in [-0.3, -0.25) is 4.98 Å². The lowest BCUT2D eigenvalue weighted by molar-refractivity contribution is 0.0695. The Hall–Kier alpha value is -2.20. The van der Waals surface area contributed by atoms with E-state index in [9.17, 15) is 4.79 Å². The first-order valence-electron chi connectivity index (χ1n) is 6.13. The minimum absolute atomic E-state index is 0.143. The predicted molar refractivity (Wildman–Crippen MR) is 72.9 cm³/mol. The third-order valence-electron chi connectivity index (χ3n) is 3.05. The van der Waals surface area contributed by atoms with E-state index >= 15 is 0 Å². The summed E-state index contributed by atoms with van der Waals surface area (Å²) in [6.45, 7) is 2.56. The number of aromatic nitrogens is 1. The molecule has 0 aliphatic heterocycles. The highest BCUT2D eigenvalue weighted by Gasteiger charge is 2.10. The van der Waals surface area contributed by atoms with E-state index in [1.54, 1.807) is 24.5 Å².